The number of hydrogen-bond donors (Lipinski definition) is 1. The lowest BCUT2D eigenvalue weighted by atomic mass is 10.1. The molecule has 0 bridgehead atoms. The summed E-state index contributed by atoms with van der Waals surface area (Å²) in [5.41, 5.74) is 1.25. The molecule has 5 nitrogen and oxygen atoms in total. The number of benzene rings is 1. The zero-order chi connectivity index (χ0) is 16.9. The van der Waals surface area contributed by atoms with Crippen molar-refractivity contribution in [3.8, 4) is 11.5 Å². The molecule has 3 rings (SSSR count). The Morgan fingerprint density at radius 3 is 2.54 bits per heavy atom. The van der Waals surface area contributed by atoms with Crippen LogP contribution in [0.2, 0.25) is 0 Å². The third kappa shape index (κ3) is 4.41. The van der Waals surface area contributed by atoms with Crippen LogP contribution in [0.4, 0.5) is 0 Å². The highest BCUT2D eigenvalue weighted by Crippen LogP contribution is 2.34. The molecule has 24 heavy (non-hydrogen) atoms. The minimum atomic E-state index is 0.331. The molecule has 1 aromatic carbocycles. The zero-order valence-corrected chi connectivity index (χ0v) is 15.3. The van der Waals surface area contributed by atoms with Gasteiger partial charge in [-0.1, -0.05) is 6.07 Å². The van der Waals surface area contributed by atoms with Gasteiger partial charge in [0.05, 0.1) is 0 Å². The van der Waals surface area contributed by atoms with Crippen molar-refractivity contribution in [2.45, 2.75) is 39.3 Å². The van der Waals surface area contributed by atoms with Gasteiger partial charge in [0.15, 0.2) is 11.5 Å². The van der Waals surface area contributed by atoms with E-state index in [9.17, 15) is 0 Å². The van der Waals surface area contributed by atoms with Crippen LogP contribution < -0.4 is 14.8 Å². The molecule has 2 heterocycles. The summed E-state index contributed by atoms with van der Waals surface area (Å²) < 4.78 is 10.8. The van der Waals surface area contributed by atoms with E-state index in [-0.39, 0.29) is 0 Å². The molecule has 1 saturated heterocycles. The Kier molecular flexibility index (Phi) is 5.98. The smallest absolute Gasteiger partial charge is 0.231 e. The van der Waals surface area contributed by atoms with Gasteiger partial charge in [0.1, 0.15) is 0 Å². The monoisotopic (exact) mass is 333 g/mol. The predicted molar refractivity (Wildman–Crippen MR) is 96.7 cm³/mol. The molecule has 0 saturated carbocycles. The minimum absolute atomic E-state index is 0.331. The molecule has 134 valence electrons. The van der Waals surface area contributed by atoms with Crippen molar-refractivity contribution in [2.75, 3.05) is 46.1 Å². The van der Waals surface area contributed by atoms with Gasteiger partial charge in [0.25, 0.3) is 0 Å². The van der Waals surface area contributed by atoms with Crippen LogP contribution in [0.1, 0.15) is 38.8 Å². The maximum Gasteiger partial charge on any atom is 0.231 e. The minimum Gasteiger partial charge on any atom is -0.454 e. The SMILES string of the molecule is CC(NCCCN1CCN(C(C)C)CC1)c1ccc2c(c1)OCO2. The Bertz CT molecular complexity index is 527. The molecule has 1 fully saturated rings. The van der Waals surface area contributed by atoms with E-state index in [0.717, 1.165) is 18.0 Å². The molecule has 1 N–H and O–H groups in total. The van der Waals surface area contributed by atoms with E-state index in [1.165, 1.54) is 44.7 Å². The average Bonchev–Trinajstić information content (AvgIpc) is 3.06. The fourth-order valence-electron chi connectivity index (χ4n) is 3.42. The largest absolute Gasteiger partial charge is 0.454 e. The lowest BCUT2D eigenvalue weighted by Gasteiger charge is -2.37. The van der Waals surface area contributed by atoms with Crippen molar-refractivity contribution in [1.82, 2.24) is 15.1 Å². The van der Waals surface area contributed by atoms with Crippen molar-refractivity contribution < 1.29 is 9.47 Å². The zero-order valence-electron chi connectivity index (χ0n) is 15.3. The molecule has 0 radical (unpaired) electrons. The summed E-state index contributed by atoms with van der Waals surface area (Å²) in [7, 11) is 0. The van der Waals surface area contributed by atoms with Crippen LogP contribution in [0.5, 0.6) is 11.5 Å². The van der Waals surface area contributed by atoms with Gasteiger partial charge < -0.3 is 19.7 Å². The van der Waals surface area contributed by atoms with Gasteiger partial charge in [-0.25, -0.2) is 0 Å². The predicted octanol–water partition coefficient (Wildman–Crippen LogP) is 2.48. The topological polar surface area (TPSA) is 37.0 Å². The first-order chi connectivity index (χ1) is 11.6. The van der Waals surface area contributed by atoms with Crippen LogP contribution in [-0.2, 0) is 0 Å². The molecule has 1 aromatic rings. The molecular weight excluding hydrogens is 302 g/mol. The highest BCUT2D eigenvalue weighted by atomic mass is 16.7. The highest BCUT2D eigenvalue weighted by Gasteiger charge is 2.18. The van der Waals surface area contributed by atoms with Crippen LogP contribution in [0.15, 0.2) is 18.2 Å². The number of nitrogens with one attached hydrogen (secondary N) is 1. The normalized spacial score (nSPS) is 19.8. The molecule has 5 heteroatoms. The van der Waals surface area contributed by atoms with Gasteiger partial charge in [-0.3, -0.25) is 4.90 Å². The molecule has 0 aromatic heterocycles. The van der Waals surface area contributed by atoms with Crippen LogP contribution >= 0.6 is 0 Å². The lowest BCUT2D eigenvalue weighted by Crippen LogP contribution is -2.49. The first-order valence-electron chi connectivity index (χ1n) is 9.23. The number of fused-ring (bicyclic) bond motifs is 1. The van der Waals surface area contributed by atoms with E-state index in [0.29, 0.717) is 18.9 Å². The first-order valence-corrected chi connectivity index (χ1v) is 9.23. The van der Waals surface area contributed by atoms with E-state index in [1.54, 1.807) is 0 Å². The second-order valence-corrected chi connectivity index (χ2v) is 7.11. The second kappa shape index (κ2) is 8.19. The summed E-state index contributed by atoms with van der Waals surface area (Å²) >= 11 is 0. The Hall–Kier alpha value is -1.30. The van der Waals surface area contributed by atoms with Gasteiger partial charge in [-0.05, 0) is 58.0 Å². The maximum absolute atomic E-state index is 5.46. The fourth-order valence-corrected chi connectivity index (χ4v) is 3.42. The standard InChI is InChI=1S/C19H31N3O2/c1-15(2)22-11-9-21(10-12-22)8-4-7-20-16(3)17-5-6-18-19(13-17)24-14-23-18/h5-6,13,15-16,20H,4,7-12,14H2,1-3H3. The number of nitrogens with zero attached hydrogens (tertiary/aromatic N) is 2. The lowest BCUT2D eigenvalue weighted by molar-refractivity contribution is 0.107. The van der Waals surface area contributed by atoms with Crippen LogP contribution in [-0.4, -0.2) is 61.9 Å². The molecule has 1 atom stereocenters. The Morgan fingerprint density at radius 1 is 1.04 bits per heavy atom. The van der Waals surface area contributed by atoms with Crippen molar-refractivity contribution in [2.24, 2.45) is 0 Å². The van der Waals surface area contributed by atoms with E-state index in [1.807, 2.05) is 6.07 Å². The van der Waals surface area contributed by atoms with Gasteiger partial charge in [-0.15, -0.1) is 0 Å². The number of ether oxygens (including phenoxy) is 2. The number of piperazine rings is 1. The fraction of sp³-hybridized carbons (Fsp3) is 0.684. The third-order valence-corrected chi connectivity index (χ3v) is 5.14. The van der Waals surface area contributed by atoms with Crippen molar-refractivity contribution in [3.05, 3.63) is 23.8 Å². The molecule has 0 amide bonds. The number of rotatable bonds is 7. The molecular formula is C19H31N3O2. The highest BCUT2D eigenvalue weighted by molar-refractivity contribution is 5.45. The molecule has 2 aliphatic rings. The number of hydrogen-bond acceptors (Lipinski definition) is 5. The summed E-state index contributed by atoms with van der Waals surface area (Å²) in [6.07, 6.45) is 1.19. The van der Waals surface area contributed by atoms with Gasteiger partial charge in [-0.2, -0.15) is 0 Å². The van der Waals surface area contributed by atoms with Crippen molar-refractivity contribution in [1.29, 1.82) is 0 Å². The molecule has 0 spiro atoms. The Balaban J connectivity index is 1.35. The van der Waals surface area contributed by atoms with E-state index >= 15 is 0 Å². The quantitative estimate of drug-likeness (QED) is 0.776. The second-order valence-electron chi connectivity index (χ2n) is 7.11. The average molecular weight is 333 g/mol. The van der Waals surface area contributed by atoms with Crippen molar-refractivity contribution in [3.63, 3.8) is 0 Å². The van der Waals surface area contributed by atoms with Crippen LogP contribution in [0, 0.1) is 0 Å². The summed E-state index contributed by atoms with van der Waals surface area (Å²) in [5.74, 6) is 1.72. The van der Waals surface area contributed by atoms with E-state index < -0.39 is 0 Å². The van der Waals surface area contributed by atoms with Crippen molar-refractivity contribution >= 4 is 0 Å². The maximum atomic E-state index is 5.46. The molecule has 1 unspecified atom stereocenters. The van der Waals surface area contributed by atoms with Crippen LogP contribution in [0.3, 0.4) is 0 Å². The van der Waals surface area contributed by atoms with Gasteiger partial charge in [0.2, 0.25) is 6.79 Å². The first kappa shape index (κ1) is 17.5. The molecule has 2 aliphatic heterocycles. The van der Waals surface area contributed by atoms with E-state index in [2.05, 4.69) is 48.0 Å². The van der Waals surface area contributed by atoms with E-state index in [4.69, 9.17) is 9.47 Å². The van der Waals surface area contributed by atoms with Crippen LogP contribution in [0.25, 0.3) is 0 Å². The Morgan fingerprint density at radius 2 is 1.79 bits per heavy atom. The summed E-state index contributed by atoms with van der Waals surface area (Å²) in [4.78, 5) is 5.16. The third-order valence-electron chi connectivity index (χ3n) is 5.14. The Labute approximate surface area is 145 Å². The van der Waals surface area contributed by atoms with Gasteiger partial charge >= 0.3 is 0 Å². The summed E-state index contributed by atoms with van der Waals surface area (Å²) in [5, 5.41) is 3.62. The summed E-state index contributed by atoms with van der Waals surface area (Å²) in [6, 6.07) is 7.22. The summed E-state index contributed by atoms with van der Waals surface area (Å²) in [6.45, 7) is 14.2. The van der Waals surface area contributed by atoms with Gasteiger partial charge in [0, 0.05) is 38.3 Å². The molecule has 0 aliphatic carbocycles.